The quantitative estimate of drug-likeness (QED) is 0.821. The van der Waals surface area contributed by atoms with Crippen LogP contribution in [0.3, 0.4) is 0 Å². The molecule has 0 bridgehead atoms. The molecule has 0 saturated carbocycles. The first-order chi connectivity index (χ1) is 7.47. The number of hydrogen-bond donors (Lipinski definition) is 2. The van der Waals surface area contributed by atoms with E-state index < -0.39 is 34.2 Å². The first-order valence-electron chi connectivity index (χ1n) is 3.89. The van der Waals surface area contributed by atoms with Crippen molar-refractivity contribution in [2.75, 3.05) is 9.93 Å². The summed E-state index contributed by atoms with van der Waals surface area (Å²) < 4.78 is 39.4. The molecule has 0 aliphatic heterocycles. The largest absolute Gasteiger partial charge is 0.477 e. The van der Waals surface area contributed by atoms with Gasteiger partial charge in [-0.15, -0.1) is 11.6 Å². The number of nitrogens with one attached hydrogen (secondary N) is 1. The van der Waals surface area contributed by atoms with Gasteiger partial charge >= 0.3 is 5.97 Å². The Morgan fingerprint density at radius 3 is 2.62 bits per heavy atom. The summed E-state index contributed by atoms with van der Waals surface area (Å²) in [5.74, 6) is -4.26. The second-order valence-corrected chi connectivity index (χ2v) is 4.41. The minimum Gasteiger partial charge on any atom is -0.477 e. The number of carbonyl (C=O) groups is 1. The Balaban J connectivity index is 3.18. The molecule has 0 radical (unpaired) electrons. The monoisotopic (exact) mass is 269 g/mol. The van der Waals surface area contributed by atoms with Crippen molar-refractivity contribution in [1.29, 1.82) is 0 Å². The SMILES string of the molecule is O=C(O)c1c(F)ccc(NS(=O)CCl)c1F. The Morgan fingerprint density at radius 1 is 1.50 bits per heavy atom. The van der Waals surface area contributed by atoms with Crippen molar-refractivity contribution in [3.63, 3.8) is 0 Å². The summed E-state index contributed by atoms with van der Waals surface area (Å²) in [5, 5.41) is 8.25. The number of carboxylic acids is 1. The molecule has 2 N–H and O–H groups in total. The van der Waals surface area contributed by atoms with Gasteiger partial charge in [-0.3, -0.25) is 0 Å². The van der Waals surface area contributed by atoms with Crippen LogP contribution < -0.4 is 4.72 Å². The number of carboxylic acid groups (broad SMARTS) is 1. The highest BCUT2D eigenvalue weighted by atomic mass is 35.5. The lowest BCUT2D eigenvalue weighted by molar-refractivity contribution is 0.0686. The van der Waals surface area contributed by atoms with Gasteiger partial charge in [0.15, 0.2) is 5.82 Å². The van der Waals surface area contributed by atoms with Crippen molar-refractivity contribution in [2.45, 2.75) is 0 Å². The van der Waals surface area contributed by atoms with E-state index in [-0.39, 0.29) is 10.9 Å². The van der Waals surface area contributed by atoms with Crippen LogP contribution in [0, 0.1) is 11.6 Å². The lowest BCUT2D eigenvalue weighted by Crippen LogP contribution is -2.11. The van der Waals surface area contributed by atoms with Crippen LogP contribution >= 0.6 is 11.6 Å². The normalized spacial score (nSPS) is 12.2. The zero-order valence-corrected chi connectivity index (χ0v) is 9.24. The predicted molar refractivity (Wildman–Crippen MR) is 55.8 cm³/mol. The van der Waals surface area contributed by atoms with Crippen LogP contribution in [-0.2, 0) is 11.0 Å². The summed E-state index contributed by atoms with van der Waals surface area (Å²) in [4.78, 5) is 10.5. The van der Waals surface area contributed by atoms with Crippen LogP contribution in [0.5, 0.6) is 0 Å². The lowest BCUT2D eigenvalue weighted by atomic mass is 10.2. The van der Waals surface area contributed by atoms with E-state index in [1.54, 1.807) is 0 Å². The van der Waals surface area contributed by atoms with E-state index in [0.717, 1.165) is 12.1 Å². The molecule has 0 fully saturated rings. The van der Waals surface area contributed by atoms with Gasteiger partial charge in [-0.2, -0.15) is 0 Å². The van der Waals surface area contributed by atoms with Gasteiger partial charge in [-0.05, 0) is 12.1 Å². The summed E-state index contributed by atoms with van der Waals surface area (Å²) in [6.45, 7) is 0. The fraction of sp³-hybridized carbons (Fsp3) is 0.125. The summed E-state index contributed by atoms with van der Waals surface area (Å²) >= 11 is 5.21. The molecular weight excluding hydrogens is 264 g/mol. The van der Waals surface area contributed by atoms with Gasteiger partial charge in [0.05, 0.1) is 5.69 Å². The molecule has 0 aliphatic rings. The molecule has 88 valence electrons. The summed E-state index contributed by atoms with van der Waals surface area (Å²) in [6, 6.07) is 1.71. The third-order valence-electron chi connectivity index (χ3n) is 1.63. The fourth-order valence-electron chi connectivity index (χ4n) is 0.977. The molecule has 0 heterocycles. The molecule has 1 rings (SSSR count). The fourth-order valence-corrected chi connectivity index (χ4v) is 1.60. The molecule has 1 aromatic rings. The number of halogens is 3. The average molecular weight is 270 g/mol. The number of rotatable bonds is 4. The molecule has 16 heavy (non-hydrogen) atoms. The smallest absolute Gasteiger partial charge is 0.341 e. The third-order valence-corrected chi connectivity index (χ3v) is 2.87. The van der Waals surface area contributed by atoms with Crippen molar-refractivity contribution in [3.8, 4) is 0 Å². The molecule has 8 heteroatoms. The summed E-state index contributed by atoms with van der Waals surface area (Å²) in [7, 11) is -1.76. The average Bonchev–Trinajstić information content (AvgIpc) is 2.21. The van der Waals surface area contributed by atoms with E-state index >= 15 is 0 Å². The number of hydrogen-bond acceptors (Lipinski definition) is 2. The molecular formula is C8H6ClF2NO3S. The minimum atomic E-state index is -1.76. The van der Waals surface area contributed by atoms with Crippen molar-refractivity contribution < 1.29 is 22.9 Å². The summed E-state index contributed by atoms with van der Waals surface area (Å²) in [6.07, 6.45) is 0. The highest BCUT2D eigenvalue weighted by Crippen LogP contribution is 2.21. The third kappa shape index (κ3) is 2.67. The molecule has 0 aliphatic carbocycles. The molecule has 0 amide bonds. The topological polar surface area (TPSA) is 66.4 Å². The molecule has 4 nitrogen and oxygen atoms in total. The molecule has 0 saturated heterocycles. The van der Waals surface area contributed by atoms with Crippen molar-refractivity contribution in [1.82, 2.24) is 0 Å². The first-order valence-corrected chi connectivity index (χ1v) is 5.75. The molecule has 1 aromatic carbocycles. The van der Waals surface area contributed by atoms with Crippen LogP contribution in [0.4, 0.5) is 14.5 Å². The van der Waals surface area contributed by atoms with Gasteiger partial charge in [0.1, 0.15) is 27.6 Å². The Labute approximate surface area is 96.8 Å². The molecule has 0 spiro atoms. The second kappa shape index (κ2) is 5.22. The zero-order valence-electron chi connectivity index (χ0n) is 7.67. The maximum atomic E-state index is 13.4. The number of aromatic carboxylic acids is 1. The zero-order chi connectivity index (χ0) is 12.3. The highest BCUT2D eigenvalue weighted by molar-refractivity contribution is 7.87. The maximum absolute atomic E-state index is 13.4. The van der Waals surface area contributed by atoms with Crippen LogP contribution in [0.15, 0.2) is 12.1 Å². The van der Waals surface area contributed by atoms with Crippen LogP contribution in [0.2, 0.25) is 0 Å². The van der Waals surface area contributed by atoms with E-state index in [9.17, 15) is 17.8 Å². The van der Waals surface area contributed by atoms with Crippen LogP contribution in [0.1, 0.15) is 10.4 Å². The van der Waals surface area contributed by atoms with Crippen molar-refractivity contribution >= 4 is 34.2 Å². The maximum Gasteiger partial charge on any atom is 0.341 e. The molecule has 1 unspecified atom stereocenters. The Hall–Kier alpha value is -1.21. The minimum absolute atomic E-state index is 0.306. The predicted octanol–water partition coefficient (Wildman–Crippen LogP) is 1.93. The standard InChI is InChI=1S/C8H6ClF2NO3S/c9-3-16(15)12-5-2-1-4(10)6(7(5)11)8(13)14/h1-2,12H,3H2,(H,13,14). The van der Waals surface area contributed by atoms with Crippen LogP contribution in [0.25, 0.3) is 0 Å². The van der Waals surface area contributed by atoms with E-state index in [2.05, 4.69) is 4.72 Å². The molecule has 0 aromatic heterocycles. The van der Waals surface area contributed by atoms with Gasteiger partial charge in [0, 0.05) is 0 Å². The first kappa shape index (κ1) is 12.9. The van der Waals surface area contributed by atoms with E-state index in [4.69, 9.17) is 16.7 Å². The number of anilines is 1. The number of benzene rings is 1. The van der Waals surface area contributed by atoms with Gasteiger partial charge < -0.3 is 9.83 Å². The second-order valence-electron chi connectivity index (χ2n) is 2.65. The van der Waals surface area contributed by atoms with Gasteiger partial charge in [-0.25, -0.2) is 17.8 Å². The van der Waals surface area contributed by atoms with Crippen LogP contribution in [-0.4, -0.2) is 20.5 Å². The van der Waals surface area contributed by atoms with Crippen molar-refractivity contribution in [2.24, 2.45) is 0 Å². The Kier molecular flexibility index (Phi) is 4.19. The Morgan fingerprint density at radius 2 is 2.12 bits per heavy atom. The van der Waals surface area contributed by atoms with E-state index in [1.807, 2.05) is 0 Å². The number of alkyl halides is 1. The van der Waals surface area contributed by atoms with E-state index in [1.165, 1.54) is 0 Å². The molecule has 1 atom stereocenters. The lowest BCUT2D eigenvalue weighted by Gasteiger charge is -2.07. The van der Waals surface area contributed by atoms with Crippen molar-refractivity contribution in [3.05, 3.63) is 29.3 Å². The Bertz CT molecular complexity index is 455. The van der Waals surface area contributed by atoms with Gasteiger partial charge in [0.2, 0.25) is 0 Å². The highest BCUT2D eigenvalue weighted by Gasteiger charge is 2.20. The summed E-state index contributed by atoms with van der Waals surface area (Å²) in [5.41, 5.74) is -1.48. The van der Waals surface area contributed by atoms with Gasteiger partial charge in [-0.1, -0.05) is 0 Å². The van der Waals surface area contributed by atoms with E-state index in [0.29, 0.717) is 0 Å². The van der Waals surface area contributed by atoms with Gasteiger partial charge in [0.25, 0.3) is 0 Å².